The molecule has 0 aromatic heterocycles. The number of carbonyl (C=O) groups excluding carboxylic acids is 1. The molecule has 0 bridgehead atoms. The number of anilines is 1. The SMILES string of the molecule is Cc1cccc(NC(=O)C(C)S(=O)(=O)CCN)c1C. The summed E-state index contributed by atoms with van der Waals surface area (Å²) >= 11 is 0. The molecule has 106 valence electrons. The fraction of sp³-hybridized carbons (Fsp3) is 0.462. The molecule has 5 nitrogen and oxygen atoms in total. The molecule has 0 radical (unpaired) electrons. The summed E-state index contributed by atoms with van der Waals surface area (Å²) in [7, 11) is -3.49. The Hall–Kier alpha value is -1.40. The molecule has 3 N–H and O–H groups in total. The van der Waals surface area contributed by atoms with Gasteiger partial charge in [0.15, 0.2) is 9.84 Å². The predicted octanol–water partition coefficient (Wildman–Crippen LogP) is 1.00. The number of carbonyl (C=O) groups is 1. The summed E-state index contributed by atoms with van der Waals surface area (Å²) in [6.07, 6.45) is 0. The number of aryl methyl sites for hydroxylation is 1. The lowest BCUT2D eigenvalue weighted by molar-refractivity contribution is -0.115. The highest BCUT2D eigenvalue weighted by atomic mass is 32.2. The summed E-state index contributed by atoms with van der Waals surface area (Å²) in [5.41, 5.74) is 7.84. The van der Waals surface area contributed by atoms with Crippen LogP contribution in [0.1, 0.15) is 18.1 Å². The number of benzene rings is 1. The maximum absolute atomic E-state index is 12.0. The number of sulfone groups is 1. The number of nitrogens with two attached hydrogens (primary N) is 1. The molecule has 19 heavy (non-hydrogen) atoms. The minimum Gasteiger partial charge on any atom is -0.329 e. The molecule has 0 aliphatic heterocycles. The second-order valence-electron chi connectivity index (χ2n) is 4.53. The predicted molar refractivity (Wildman–Crippen MR) is 76.8 cm³/mol. The lowest BCUT2D eigenvalue weighted by Gasteiger charge is -2.15. The monoisotopic (exact) mass is 284 g/mol. The zero-order valence-corrected chi connectivity index (χ0v) is 12.3. The Morgan fingerprint density at radius 1 is 1.37 bits per heavy atom. The van der Waals surface area contributed by atoms with E-state index in [-0.39, 0.29) is 12.3 Å². The van der Waals surface area contributed by atoms with Crippen LogP contribution in [0.25, 0.3) is 0 Å². The van der Waals surface area contributed by atoms with Crippen LogP contribution in [-0.4, -0.2) is 31.9 Å². The minimum absolute atomic E-state index is 0.0173. The van der Waals surface area contributed by atoms with Gasteiger partial charge in [0, 0.05) is 12.2 Å². The van der Waals surface area contributed by atoms with Gasteiger partial charge in [-0.3, -0.25) is 4.79 Å². The Morgan fingerprint density at radius 2 is 2.00 bits per heavy atom. The zero-order chi connectivity index (χ0) is 14.6. The lowest BCUT2D eigenvalue weighted by Crippen LogP contribution is -2.36. The molecule has 0 fully saturated rings. The number of amides is 1. The van der Waals surface area contributed by atoms with Crippen LogP contribution in [0.2, 0.25) is 0 Å². The third kappa shape index (κ3) is 3.78. The Balaban J connectivity index is 2.89. The summed E-state index contributed by atoms with van der Waals surface area (Å²) in [5.74, 6) is -0.712. The summed E-state index contributed by atoms with van der Waals surface area (Å²) in [6.45, 7) is 5.21. The van der Waals surface area contributed by atoms with Gasteiger partial charge in [-0.2, -0.15) is 0 Å². The molecule has 0 heterocycles. The molecule has 0 saturated carbocycles. The molecule has 0 aliphatic rings. The van der Waals surface area contributed by atoms with Crippen molar-refractivity contribution in [2.75, 3.05) is 17.6 Å². The van der Waals surface area contributed by atoms with Gasteiger partial charge in [-0.15, -0.1) is 0 Å². The molecule has 1 amide bonds. The topological polar surface area (TPSA) is 89.3 Å². The Labute approximate surface area is 114 Å². The second kappa shape index (κ2) is 6.16. The first-order valence-corrected chi connectivity index (χ1v) is 7.80. The third-order valence-corrected chi connectivity index (χ3v) is 5.27. The Morgan fingerprint density at radius 3 is 2.58 bits per heavy atom. The average Bonchev–Trinajstić information content (AvgIpc) is 2.33. The molecular weight excluding hydrogens is 264 g/mol. The van der Waals surface area contributed by atoms with Crippen LogP contribution in [0, 0.1) is 13.8 Å². The fourth-order valence-corrected chi connectivity index (χ4v) is 2.69. The van der Waals surface area contributed by atoms with Crippen molar-refractivity contribution in [2.45, 2.75) is 26.0 Å². The summed E-state index contributed by atoms with van der Waals surface area (Å²) in [5, 5.41) is 1.56. The maximum atomic E-state index is 12.0. The first-order valence-electron chi connectivity index (χ1n) is 6.08. The van der Waals surface area contributed by atoms with Gasteiger partial charge in [0.2, 0.25) is 5.91 Å². The van der Waals surface area contributed by atoms with Crippen LogP contribution in [0.4, 0.5) is 5.69 Å². The van der Waals surface area contributed by atoms with Gasteiger partial charge >= 0.3 is 0 Å². The largest absolute Gasteiger partial charge is 0.329 e. The van der Waals surface area contributed by atoms with Gasteiger partial charge in [-0.05, 0) is 38.0 Å². The number of hydrogen-bond donors (Lipinski definition) is 2. The first-order chi connectivity index (χ1) is 8.79. The summed E-state index contributed by atoms with van der Waals surface area (Å²) in [4.78, 5) is 12.0. The summed E-state index contributed by atoms with van der Waals surface area (Å²) in [6, 6.07) is 5.50. The van der Waals surface area contributed by atoms with Crippen LogP contribution in [-0.2, 0) is 14.6 Å². The molecule has 6 heteroatoms. The molecule has 1 aromatic rings. The standard InChI is InChI=1S/C13H20N2O3S/c1-9-5-4-6-12(10(9)2)15-13(16)11(3)19(17,18)8-7-14/h4-6,11H,7-8,14H2,1-3H3,(H,15,16). The van der Waals surface area contributed by atoms with Crippen LogP contribution < -0.4 is 11.1 Å². The van der Waals surface area contributed by atoms with E-state index in [0.29, 0.717) is 5.69 Å². The highest BCUT2D eigenvalue weighted by Crippen LogP contribution is 2.18. The average molecular weight is 284 g/mol. The van der Waals surface area contributed by atoms with Gasteiger partial charge in [-0.1, -0.05) is 12.1 Å². The van der Waals surface area contributed by atoms with Crippen LogP contribution in [0.15, 0.2) is 18.2 Å². The Bertz CT molecular complexity index is 567. The van der Waals surface area contributed by atoms with Crippen LogP contribution in [0.3, 0.4) is 0 Å². The molecule has 0 spiro atoms. The molecule has 1 atom stereocenters. The van der Waals surface area contributed by atoms with Crippen molar-refractivity contribution in [3.05, 3.63) is 29.3 Å². The van der Waals surface area contributed by atoms with Gasteiger partial charge in [0.1, 0.15) is 5.25 Å². The second-order valence-corrected chi connectivity index (χ2v) is 6.98. The molecule has 1 aromatic carbocycles. The van der Waals surface area contributed by atoms with Gasteiger partial charge in [0.25, 0.3) is 0 Å². The number of rotatable bonds is 5. The number of nitrogens with one attached hydrogen (secondary N) is 1. The molecule has 0 aliphatic carbocycles. The minimum atomic E-state index is -3.49. The number of hydrogen-bond acceptors (Lipinski definition) is 4. The van der Waals surface area contributed by atoms with Gasteiger partial charge in [0.05, 0.1) is 5.75 Å². The Kier molecular flexibility index (Phi) is 5.08. The van der Waals surface area contributed by atoms with E-state index >= 15 is 0 Å². The fourth-order valence-electron chi connectivity index (χ4n) is 1.62. The van der Waals surface area contributed by atoms with Crippen molar-refractivity contribution in [3.63, 3.8) is 0 Å². The van der Waals surface area contributed by atoms with Crippen molar-refractivity contribution in [3.8, 4) is 0 Å². The van der Waals surface area contributed by atoms with Crippen molar-refractivity contribution >= 4 is 21.4 Å². The third-order valence-electron chi connectivity index (χ3n) is 3.17. The lowest BCUT2D eigenvalue weighted by atomic mass is 10.1. The van der Waals surface area contributed by atoms with E-state index in [2.05, 4.69) is 5.32 Å². The first kappa shape index (κ1) is 15.7. The maximum Gasteiger partial charge on any atom is 0.242 e. The van der Waals surface area contributed by atoms with Crippen molar-refractivity contribution < 1.29 is 13.2 Å². The van der Waals surface area contributed by atoms with Gasteiger partial charge < -0.3 is 11.1 Å². The van der Waals surface area contributed by atoms with E-state index in [1.165, 1.54) is 6.92 Å². The zero-order valence-electron chi connectivity index (χ0n) is 11.4. The normalized spacial score (nSPS) is 13.1. The highest BCUT2D eigenvalue weighted by Gasteiger charge is 2.27. The van der Waals surface area contributed by atoms with E-state index in [1.54, 1.807) is 6.07 Å². The molecule has 1 unspecified atom stereocenters. The highest BCUT2D eigenvalue weighted by molar-refractivity contribution is 7.92. The van der Waals surface area contributed by atoms with Crippen molar-refractivity contribution in [1.29, 1.82) is 0 Å². The summed E-state index contributed by atoms with van der Waals surface area (Å²) < 4.78 is 23.5. The van der Waals surface area contributed by atoms with E-state index in [1.807, 2.05) is 26.0 Å². The van der Waals surface area contributed by atoms with E-state index in [0.717, 1.165) is 11.1 Å². The van der Waals surface area contributed by atoms with Crippen molar-refractivity contribution in [2.24, 2.45) is 5.73 Å². The molecular formula is C13H20N2O3S. The molecule has 1 rings (SSSR count). The van der Waals surface area contributed by atoms with E-state index in [9.17, 15) is 13.2 Å². The molecule has 0 saturated heterocycles. The van der Waals surface area contributed by atoms with Gasteiger partial charge in [-0.25, -0.2) is 8.42 Å². The van der Waals surface area contributed by atoms with E-state index in [4.69, 9.17) is 5.73 Å². The van der Waals surface area contributed by atoms with Crippen molar-refractivity contribution in [1.82, 2.24) is 0 Å². The van der Waals surface area contributed by atoms with E-state index < -0.39 is 21.0 Å². The van der Waals surface area contributed by atoms with Crippen LogP contribution >= 0.6 is 0 Å². The van der Waals surface area contributed by atoms with Crippen LogP contribution in [0.5, 0.6) is 0 Å². The smallest absolute Gasteiger partial charge is 0.242 e. The quantitative estimate of drug-likeness (QED) is 0.844.